The number of hydrogen-bond acceptors (Lipinski definition) is 4. The van der Waals surface area contributed by atoms with Crippen LogP contribution in [0.1, 0.15) is 48.5 Å². The summed E-state index contributed by atoms with van der Waals surface area (Å²) in [4.78, 5) is 15.5. The van der Waals surface area contributed by atoms with Crippen molar-refractivity contribution in [3.63, 3.8) is 0 Å². The smallest absolute Gasteiger partial charge is 0.250 e. The molecule has 7 nitrogen and oxygen atoms in total. The molecule has 2 heterocycles. The third-order valence-electron chi connectivity index (χ3n) is 6.22. The molecule has 0 bridgehead atoms. The van der Waals surface area contributed by atoms with E-state index >= 15 is 0 Å². The van der Waals surface area contributed by atoms with Gasteiger partial charge in [0, 0.05) is 24.7 Å². The third kappa shape index (κ3) is 4.25. The average molecular weight is 456 g/mol. The summed E-state index contributed by atoms with van der Waals surface area (Å²) < 4.78 is 31.6. The number of primary amides is 1. The Hall–Kier alpha value is -2.84. The number of piperidine rings is 1. The first-order valence-corrected chi connectivity index (χ1v) is 12.6. The van der Waals surface area contributed by atoms with Crippen molar-refractivity contribution < 1.29 is 17.9 Å². The molecule has 0 unspecified atom stereocenters. The number of benzene rings is 2. The van der Waals surface area contributed by atoms with E-state index in [9.17, 15) is 13.2 Å². The molecular weight excluding hydrogens is 426 g/mol. The molecule has 1 aliphatic heterocycles. The summed E-state index contributed by atoms with van der Waals surface area (Å²) >= 11 is 0. The van der Waals surface area contributed by atoms with Crippen molar-refractivity contribution in [2.45, 2.75) is 32.6 Å². The number of carbonyl (C=O) groups excluding carboxylic acids is 1. The first kappa shape index (κ1) is 22.4. The highest BCUT2D eigenvalue weighted by Gasteiger charge is 2.29. The van der Waals surface area contributed by atoms with E-state index in [1.807, 2.05) is 43.5 Å². The van der Waals surface area contributed by atoms with E-state index in [1.165, 1.54) is 0 Å². The molecule has 1 aromatic heterocycles. The van der Waals surface area contributed by atoms with Crippen molar-refractivity contribution in [3.8, 4) is 16.9 Å². The van der Waals surface area contributed by atoms with E-state index < -0.39 is 15.9 Å². The number of amides is 1. The average Bonchev–Trinajstić information content (AvgIpc) is 3.23. The fourth-order valence-electron chi connectivity index (χ4n) is 4.51. The number of nitrogens with one attached hydrogen (secondary N) is 1. The van der Waals surface area contributed by atoms with Gasteiger partial charge in [0.05, 0.1) is 23.4 Å². The quantitative estimate of drug-likeness (QED) is 0.564. The Morgan fingerprint density at radius 3 is 2.56 bits per heavy atom. The Labute approximate surface area is 188 Å². The lowest BCUT2D eigenvalue weighted by molar-refractivity contribution is 0.100. The molecular formula is C24H29N3O4S. The zero-order valence-electron chi connectivity index (χ0n) is 18.4. The molecule has 170 valence electrons. The molecule has 2 aromatic carbocycles. The maximum atomic E-state index is 12.2. The molecule has 0 saturated carbocycles. The first-order valence-electron chi connectivity index (χ1n) is 11.0. The van der Waals surface area contributed by atoms with E-state index in [1.54, 1.807) is 11.2 Å². The number of ether oxygens (including phenoxy) is 1. The minimum absolute atomic E-state index is 0.122. The Kier molecular flexibility index (Phi) is 6.26. The highest BCUT2D eigenvalue weighted by atomic mass is 32.2. The van der Waals surface area contributed by atoms with Crippen LogP contribution in [0.3, 0.4) is 0 Å². The summed E-state index contributed by atoms with van der Waals surface area (Å²) in [5.74, 6) is 0.606. The monoisotopic (exact) mass is 455 g/mol. The van der Waals surface area contributed by atoms with Gasteiger partial charge in [0.2, 0.25) is 10.0 Å². The van der Waals surface area contributed by atoms with Crippen molar-refractivity contribution in [2.75, 3.05) is 25.4 Å². The van der Waals surface area contributed by atoms with E-state index in [2.05, 4.69) is 11.1 Å². The topological polar surface area (TPSA) is 105 Å². The van der Waals surface area contributed by atoms with Gasteiger partial charge in [0.1, 0.15) is 5.75 Å². The largest absolute Gasteiger partial charge is 0.494 e. The maximum Gasteiger partial charge on any atom is 0.250 e. The number of rotatable bonds is 7. The molecule has 0 aliphatic carbocycles. The SMILES string of the molecule is CCOc1cccc(-c2cc(C(N)=O)c3[nH]cc(C4CCN(S(=O)(=O)CC)CC4)c3c2)c1. The predicted octanol–water partition coefficient (Wildman–Crippen LogP) is 3.86. The Bertz CT molecular complexity index is 1240. The van der Waals surface area contributed by atoms with Gasteiger partial charge in [-0.15, -0.1) is 0 Å². The van der Waals surface area contributed by atoms with Crippen molar-refractivity contribution >= 4 is 26.8 Å². The van der Waals surface area contributed by atoms with Crippen LogP contribution in [0.4, 0.5) is 0 Å². The van der Waals surface area contributed by atoms with Gasteiger partial charge in [-0.25, -0.2) is 12.7 Å². The third-order valence-corrected chi connectivity index (χ3v) is 8.10. The molecule has 0 radical (unpaired) electrons. The maximum absolute atomic E-state index is 12.2. The molecule has 8 heteroatoms. The van der Waals surface area contributed by atoms with Gasteiger partial charge in [-0.3, -0.25) is 4.79 Å². The summed E-state index contributed by atoms with van der Waals surface area (Å²) in [6.45, 7) is 5.20. The van der Waals surface area contributed by atoms with Gasteiger partial charge in [0.25, 0.3) is 5.91 Å². The normalized spacial score (nSPS) is 15.8. The van der Waals surface area contributed by atoms with Crippen molar-refractivity contribution in [1.29, 1.82) is 0 Å². The van der Waals surface area contributed by atoms with Gasteiger partial charge < -0.3 is 15.5 Å². The number of aromatic nitrogens is 1. The lowest BCUT2D eigenvalue weighted by atomic mass is 9.88. The van der Waals surface area contributed by atoms with E-state index in [0.29, 0.717) is 25.3 Å². The standard InChI is InChI=1S/C24H29N3O4S/c1-3-31-19-7-5-6-17(12-19)18-13-20-22(15-26-23(20)21(14-18)24(25)28)16-8-10-27(11-9-16)32(29,30)4-2/h5-7,12-16,26H,3-4,8-11H2,1-2H3,(H2,25,28). The van der Waals surface area contributed by atoms with Crippen LogP contribution in [-0.2, 0) is 10.0 Å². The number of aromatic amines is 1. The molecule has 1 saturated heterocycles. The van der Waals surface area contributed by atoms with Crippen LogP contribution in [0.15, 0.2) is 42.6 Å². The second-order valence-corrected chi connectivity index (χ2v) is 10.3. The van der Waals surface area contributed by atoms with Gasteiger partial charge in [-0.1, -0.05) is 12.1 Å². The van der Waals surface area contributed by atoms with E-state index in [4.69, 9.17) is 10.5 Å². The number of nitrogens with zero attached hydrogens (tertiary/aromatic N) is 1. The zero-order valence-corrected chi connectivity index (χ0v) is 19.2. The van der Waals surface area contributed by atoms with Crippen LogP contribution in [0, 0.1) is 0 Å². The molecule has 0 atom stereocenters. The van der Waals surface area contributed by atoms with Gasteiger partial charge in [-0.2, -0.15) is 0 Å². The minimum Gasteiger partial charge on any atom is -0.494 e. The predicted molar refractivity (Wildman–Crippen MR) is 126 cm³/mol. The van der Waals surface area contributed by atoms with Crippen molar-refractivity contribution in [1.82, 2.24) is 9.29 Å². The highest BCUT2D eigenvalue weighted by molar-refractivity contribution is 7.89. The molecule has 32 heavy (non-hydrogen) atoms. The van der Waals surface area contributed by atoms with Gasteiger partial charge >= 0.3 is 0 Å². The number of fused-ring (bicyclic) bond motifs is 1. The lowest BCUT2D eigenvalue weighted by Gasteiger charge is -2.31. The van der Waals surface area contributed by atoms with Gasteiger partial charge in [-0.05, 0) is 73.6 Å². The highest BCUT2D eigenvalue weighted by Crippen LogP contribution is 2.37. The molecule has 1 fully saturated rings. The fraction of sp³-hybridized carbons (Fsp3) is 0.375. The molecule has 0 spiro atoms. The summed E-state index contributed by atoms with van der Waals surface area (Å²) in [5.41, 5.74) is 9.81. The lowest BCUT2D eigenvalue weighted by Crippen LogP contribution is -2.38. The van der Waals surface area contributed by atoms with Crippen LogP contribution in [0.2, 0.25) is 0 Å². The Morgan fingerprint density at radius 1 is 1.16 bits per heavy atom. The fourth-order valence-corrected chi connectivity index (χ4v) is 5.64. The molecule has 4 rings (SSSR count). The number of nitrogens with two attached hydrogens (primary N) is 1. The summed E-state index contributed by atoms with van der Waals surface area (Å²) in [5, 5.41) is 0.954. The van der Waals surface area contributed by atoms with Crippen molar-refractivity contribution in [2.24, 2.45) is 5.73 Å². The summed E-state index contributed by atoms with van der Waals surface area (Å²) in [7, 11) is -3.17. The van der Waals surface area contributed by atoms with E-state index in [-0.39, 0.29) is 11.7 Å². The number of hydrogen-bond donors (Lipinski definition) is 2. The van der Waals surface area contributed by atoms with Crippen LogP contribution < -0.4 is 10.5 Å². The van der Waals surface area contributed by atoms with E-state index in [0.717, 1.165) is 46.2 Å². The molecule has 3 N–H and O–H groups in total. The molecule has 3 aromatic rings. The van der Waals surface area contributed by atoms with Crippen LogP contribution in [-0.4, -0.2) is 49.1 Å². The van der Waals surface area contributed by atoms with Crippen LogP contribution in [0.25, 0.3) is 22.0 Å². The minimum atomic E-state index is -3.17. The van der Waals surface area contributed by atoms with Crippen molar-refractivity contribution in [3.05, 3.63) is 53.7 Å². The number of carbonyl (C=O) groups is 1. The zero-order chi connectivity index (χ0) is 22.9. The molecule has 1 aliphatic rings. The second kappa shape index (κ2) is 8.96. The number of sulfonamides is 1. The van der Waals surface area contributed by atoms with Crippen LogP contribution in [0.5, 0.6) is 5.75 Å². The molecule has 1 amide bonds. The van der Waals surface area contributed by atoms with Crippen LogP contribution >= 0.6 is 0 Å². The second-order valence-electron chi connectivity index (χ2n) is 8.09. The number of H-pyrrole nitrogens is 1. The van der Waals surface area contributed by atoms with Gasteiger partial charge in [0.15, 0.2) is 0 Å². The Balaban J connectivity index is 1.73. The first-order chi connectivity index (χ1) is 15.3. The Morgan fingerprint density at radius 2 is 1.91 bits per heavy atom. The summed E-state index contributed by atoms with van der Waals surface area (Å²) in [6, 6.07) is 11.7. The summed E-state index contributed by atoms with van der Waals surface area (Å²) in [6.07, 6.45) is 3.41.